The van der Waals surface area contributed by atoms with E-state index in [0.29, 0.717) is 0 Å². The van der Waals surface area contributed by atoms with E-state index in [0.717, 1.165) is 11.6 Å². The lowest BCUT2D eigenvalue weighted by molar-refractivity contribution is 0.730. The Hall–Kier alpha value is -1.42. The van der Waals surface area contributed by atoms with Crippen molar-refractivity contribution in [3.8, 4) is 0 Å². The third kappa shape index (κ3) is 1.85. The van der Waals surface area contributed by atoms with Gasteiger partial charge in [0.1, 0.15) is 0 Å². The molecule has 0 fully saturated rings. The Morgan fingerprint density at radius 3 is 2.87 bits per heavy atom. The van der Waals surface area contributed by atoms with Crippen molar-refractivity contribution >= 4 is 27.8 Å². The van der Waals surface area contributed by atoms with Gasteiger partial charge in [-0.05, 0) is 30.8 Å². The van der Waals surface area contributed by atoms with E-state index >= 15 is 0 Å². The van der Waals surface area contributed by atoms with Crippen LogP contribution in [-0.4, -0.2) is 9.73 Å². The van der Waals surface area contributed by atoms with Crippen molar-refractivity contribution in [2.75, 3.05) is 0 Å². The fraction of sp³-hybridized carbons (Fsp3) is 0.182. The fourth-order valence-electron chi connectivity index (χ4n) is 1.71. The van der Waals surface area contributed by atoms with Crippen LogP contribution in [0, 0.1) is 5.41 Å². The summed E-state index contributed by atoms with van der Waals surface area (Å²) in [7, 11) is 0. The molecule has 0 bridgehead atoms. The molecule has 2 aromatic rings. The standard InChI is InChI=1S/C11H13N3S/c1-2-14-9-6-4-3-5-8(9)7-10(14)15-11(12)13/h3-7H,2H2,1H3,(H3,12,13). The van der Waals surface area contributed by atoms with Gasteiger partial charge in [0.2, 0.25) is 0 Å². The SMILES string of the molecule is CCn1c(SC(=N)N)cc2ccccc21. The van der Waals surface area contributed by atoms with Crippen molar-refractivity contribution in [3.63, 3.8) is 0 Å². The van der Waals surface area contributed by atoms with E-state index in [1.165, 1.54) is 22.7 Å². The summed E-state index contributed by atoms with van der Waals surface area (Å²) >= 11 is 1.30. The molecule has 0 amide bonds. The van der Waals surface area contributed by atoms with Gasteiger partial charge in [-0.3, -0.25) is 5.41 Å². The Morgan fingerprint density at radius 2 is 2.20 bits per heavy atom. The van der Waals surface area contributed by atoms with Gasteiger partial charge in [0.25, 0.3) is 0 Å². The molecule has 1 heterocycles. The molecule has 3 N–H and O–H groups in total. The van der Waals surface area contributed by atoms with Crippen molar-refractivity contribution in [1.29, 1.82) is 5.41 Å². The molecule has 0 aliphatic rings. The van der Waals surface area contributed by atoms with Crippen LogP contribution in [0.5, 0.6) is 0 Å². The van der Waals surface area contributed by atoms with Crippen molar-refractivity contribution in [3.05, 3.63) is 30.3 Å². The van der Waals surface area contributed by atoms with Crippen molar-refractivity contribution in [1.82, 2.24) is 4.57 Å². The summed E-state index contributed by atoms with van der Waals surface area (Å²) in [6.45, 7) is 2.99. The molecule has 0 aliphatic heterocycles. The van der Waals surface area contributed by atoms with Crippen LogP contribution >= 0.6 is 11.8 Å². The minimum absolute atomic E-state index is 0.132. The molecule has 15 heavy (non-hydrogen) atoms. The second-order valence-electron chi connectivity index (χ2n) is 3.25. The monoisotopic (exact) mass is 219 g/mol. The summed E-state index contributed by atoms with van der Waals surface area (Å²) in [5.74, 6) is 0. The van der Waals surface area contributed by atoms with E-state index in [2.05, 4.69) is 29.7 Å². The summed E-state index contributed by atoms with van der Waals surface area (Å²) in [5.41, 5.74) is 6.60. The normalized spacial score (nSPS) is 10.7. The van der Waals surface area contributed by atoms with Gasteiger partial charge in [0.05, 0.1) is 5.03 Å². The molecule has 0 radical (unpaired) electrons. The van der Waals surface area contributed by atoms with Gasteiger partial charge < -0.3 is 10.3 Å². The quantitative estimate of drug-likeness (QED) is 0.463. The number of hydrogen-bond donors (Lipinski definition) is 2. The van der Waals surface area contributed by atoms with Crippen LogP contribution in [0.3, 0.4) is 0 Å². The number of amidine groups is 1. The van der Waals surface area contributed by atoms with Crippen LogP contribution in [0.4, 0.5) is 0 Å². The zero-order chi connectivity index (χ0) is 10.8. The molecule has 0 spiro atoms. The zero-order valence-corrected chi connectivity index (χ0v) is 9.34. The van der Waals surface area contributed by atoms with Gasteiger partial charge >= 0.3 is 0 Å². The largest absolute Gasteiger partial charge is 0.378 e. The molecule has 0 unspecified atom stereocenters. The second-order valence-corrected chi connectivity index (χ2v) is 4.31. The first-order chi connectivity index (χ1) is 7.22. The van der Waals surface area contributed by atoms with Gasteiger partial charge in [0, 0.05) is 17.4 Å². The number of thioether (sulfide) groups is 1. The van der Waals surface area contributed by atoms with Gasteiger partial charge in [-0.25, -0.2) is 0 Å². The number of nitrogens with two attached hydrogens (primary N) is 1. The third-order valence-electron chi connectivity index (χ3n) is 2.30. The molecule has 4 heteroatoms. The predicted molar refractivity (Wildman–Crippen MR) is 65.4 cm³/mol. The number of nitrogens with one attached hydrogen (secondary N) is 1. The Bertz CT molecular complexity index is 502. The molecular formula is C11H13N3S. The summed E-state index contributed by atoms with van der Waals surface area (Å²) in [6, 6.07) is 10.3. The summed E-state index contributed by atoms with van der Waals surface area (Å²) in [4.78, 5) is 0. The van der Waals surface area contributed by atoms with Crippen LogP contribution in [0.15, 0.2) is 35.4 Å². The lowest BCUT2D eigenvalue weighted by Crippen LogP contribution is -2.05. The molecule has 0 saturated heterocycles. The molecule has 2 rings (SSSR count). The molecule has 3 nitrogen and oxygen atoms in total. The first-order valence-corrected chi connectivity index (χ1v) is 5.64. The highest BCUT2D eigenvalue weighted by atomic mass is 32.2. The third-order valence-corrected chi connectivity index (χ3v) is 3.07. The van der Waals surface area contributed by atoms with Gasteiger partial charge in [-0.2, -0.15) is 0 Å². The second kappa shape index (κ2) is 3.98. The lowest BCUT2D eigenvalue weighted by atomic mass is 10.2. The highest BCUT2D eigenvalue weighted by Gasteiger charge is 2.08. The van der Waals surface area contributed by atoms with Crippen LogP contribution in [0.1, 0.15) is 6.92 Å². The smallest absolute Gasteiger partial charge is 0.157 e. The van der Waals surface area contributed by atoms with Crippen LogP contribution in [-0.2, 0) is 6.54 Å². The molecular weight excluding hydrogens is 206 g/mol. The minimum atomic E-state index is 0.132. The number of nitrogens with zero attached hydrogens (tertiary/aromatic N) is 1. The molecule has 78 valence electrons. The maximum absolute atomic E-state index is 7.30. The first kappa shape index (κ1) is 10.1. The Kier molecular flexibility index (Phi) is 2.68. The summed E-state index contributed by atoms with van der Waals surface area (Å²) in [5, 5.41) is 9.67. The predicted octanol–water partition coefficient (Wildman–Crippen LogP) is 2.65. The number of aromatic nitrogens is 1. The molecule has 1 aromatic carbocycles. The van der Waals surface area contributed by atoms with Crippen LogP contribution < -0.4 is 5.73 Å². The number of rotatable bonds is 2. The number of benzene rings is 1. The highest BCUT2D eigenvalue weighted by Crippen LogP contribution is 2.26. The Labute approximate surface area is 92.8 Å². The van der Waals surface area contributed by atoms with E-state index in [-0.39, 0.29) is 5.17 Å². The van der Waals surface area contributed by atoms with Crippen molar-refractivity contribution < 1.29 is 0 Å². The number of aryl methyl sites for hydroxylation is 1. The van der Waals surface area contributed by atoms with Crippen LogP contribution in [0.2, 0.25) is 0 Å². The maximum Gasteiger partial charge on any atom is 0.157 e. The fourth-order valence-corrected chi connectivity index (χ4v) is 2.46. The highest BCUT2D eigenvalue weighted by molar-refractivity contribution is 8.13. The lowest BCUT2D eigenvalue weighted by Gasteiger charge is -2.05. The van der Waals surface area contributed by atoms with Gasteiger partial charge in [0.15, 0.2) is 5.17 Å². The number of fused-ring (bicyclic) bond motifs is 1. The molecule has 0 atom stereocenters. The van der Waals surface area contributed by atoms with Gasteiger partial charge in [-0.1, -0.05) is 18.2 Å². The number of hydrogen-bond acceptors (Lipinski definition) is 2. The molecule has 0 aliphatic carbocycles. The Morgan fingerprint density at radius 1 is 1.47 bits per heavy atom. The minimum Gasteiger partial charge on any atom is -0.378 e. The average Bonchev–Trinajstić information content (AvgIpc) is 2.53. The van der Waals surface area contributed by atoms with E-state index < -0.39 is 0 Å². The maximum atomic E-state index is 7.30. The summed E-state index contributed by atoms with van der Waals surface area (Å²) in [6.07, 6.45) is 0. The van der Waals surface area contributed by atoms with Crippen molar-refractivity contribution in [2.24, 2.45) is 5.73 Å². The number of para-hydroxylation sites is 1. The van der Waals surface area contributed by atoms with Crippen molar-refractivity contribution in [2.45, 2.75) is 18.5 Å². The van der Waals surface area contributed by atoms with E-state index in [1.807, 2.05) is 12.1 Å². The van der Waals surface area contributed by atoms with Crippen LogP contribution in [0.25, 0.3) is 10.9 Å². The molecule has 1 aromatic heterocycles. The average molecular weight is 219 g/mol. The Balaban J connectivity index is 2.58. The topological polar surface area (TPSA) is 54.8 Å². The summed E-state index contributed by atoms with van der Waals surface area (Å²) < 4.78 is 2.17. The van der Waals surface area contributed by atoms with E-state index in [4.69, 9.17) is 11.1 Å². The van der Waals surface area contributed by atoms with Gasteiger partial charge in [-0.15, -0.1) is 0 Å². The molecule has 0 saturated carbocycles. The van der Waals surface area contributed by atoms with E-state index in [1.54, 1.807) is 0 Å². The van der Waals surface area contributed by atoms with E-state index in [9.17, 15) is 0 Å². The zero-order valence-electron chi connectivity index (χ0n) is 8.53. The first-order valence-electron chi connectivity index (χ1n) is 4.82.